The van der Waals surface area contributed by atoms with Crippen molar-refractivity contribution in [1.29, 1.82) is 0 Å². The Morgan fingerprint density at radius 3 is 2.88 bits per heavy atom. The van der Waals surface area contributed by atoms with Crippen LogP contribution in [0.25, 0.3) is 0 Å². The molecule has 7 heteroatoms. The van der Waals surface area contributed by atoms with Gasteiger partial charge in [-0.05, 0) is 5.92 Å². The monoisotopic (exact) mass is 238 g/mol. The molecular formula is C10H14N4O3. The molecule has 2 heterocycles. The summed E-state index contributed by atoms with van der Waals surface area (Å²) >= 11 is 0. The standard InChI is InChI=1S/C10H14N4O3/c1-6-4-14(5-7(6)10(16)17-2)9(15)8-3-11-13-12-8/h3,6-7H,4-5H2,1-2H3,(H,11,12,13). The molecule has 1 aromatic heterocycles. The first kappa shape index (κ1) is 11.6. The molecule has 2 atom stereocenters. The van der Waals surface area contributed by atoms with E-state index >= 15 is 0 Å². The lowest BCUT2D eigenvalue weighted by Crippen LogP contribution is -2.30. The lowest BCUT2D eigenvalue weighted by molar-refractivity contribution is -0.146. The van der Waals surface area contributed by atoms with E-state index in [1.165, 1.54) is 13.3 Å². The van der Waals surface area contributed by atoms with Crippen molar-refractivity contribution in [2.75, 3.05) is 20.2 Å². The summed E-state index contributed by atoms with van der Waals surface area (Å²) in [5.74, 6) is -0.640. The van der Waals surface area contributed by atoms with Crippen molar-refractivity contribution < 1.29 is 14.3 Å². The van der Waals surface area contributed by atoms with Gasteiger partial charge in [0.1, 0.15) is 0 Å². The van der Waals surface area contributed by atoms with Crippen LogP contribution in [0.2, 0.25) is 0 Å². The maximum absolute atomic E-state index is 12.0. The Hall–Kier alpha value is -1.92. The Morgan fingerprint density at radius 2 is 2.29 bits per heavy atom. The zero-order chi connectivity index (χ0) is 12.4. The molecule has 1 N–H and O–H groups in total. The number of esters is 1. The molecule has 0 saturated carbocycles. The van der Waals surface area contributed by atoms with Gasteiger partial charge in [0.05, 0.1) is 19.2 Å². The van der Waals surface area contributed by atoms with E-state index < -0.39 is 0 Å². The first-order valence-electron chi connectivity index (χ1n) is 5.36. The number of hydrogen-bond acceptors (Lipinski definition) is 5. The van der Waals surface area contributed by atoms with E-state index in [1.807, 2.05) is 6.92 Å². The summed E-state index contributed by atoms with van der Waals surface area (Å²) in [6.07, 6.45) is 1.37. The lowest BCUT2D eigenvalue weighted by Gasteiger charge is -2.13. The van der Waals surface area contributed by atoms with Crippen LogP contribution in [0.15, 0.2) is 6.20 Å². The SMILES string of the molecule is COC(=O)C1CN(C(=O)c2cn[nH]n2)CC1C. The van der Waals surface area contributed by atoms with Gasteiger partial charge >= 0.3 is 5.97 Å². The number of nitrogens with one attached hydrogen (secondary N) is 1. The minimum atomic E-state index is -0.270. The number of likely N-dealkylation sites (tertiary alicyclic amines) is 1. The topological polar surface area (TPSA) is 88.2 Å². The zero-order valence-electron chi connectivity index (χ0n) is 9.71. The summed E-state index contributed by atoms with van der Waals surface area (Å²) in [6, 6.07) is 0. The number of ether oxygens (including phenoxy) is 1. The average Bonchev–Trinajstić information content (AvgIpc) is 2.96. The molecule has 1 fully saturated rings. The number of H-pyrrole nitrogens is 1. The van der Waals surface area contributed by atoms with Crippen molar-refractivity contribution in [3.8, 4) is 0 Å². The van der Waals surface area contributed by atoms with E-state index in [2.05, 4.69) is 15.4 Å². The molecule has 1 aliphatic rings. The Balaban J connectivity index is 2.06. The number of hydrogen-bond donors (Lipinski definition) is 1. The van der Waals surface area contributed by atoms with E-state index in [1.54, 1.807) is 4.90 Å². The van der Waals surface area contributed by atoms with Gasteiger partial charge in [0.25, 0.3) is 5.91 Å². The fourth-order valence-electron chi connectivity index (χ4n) is 2.06. The molecule has 0 aromatic carbocycles. The fraction of sp³-hybridized carbons (Fsp3) is 0.600. The minimum Gasteiger partial charge on any atom is -0.469 e. The maximum Gasteiger partial charge on any atom is 0.310 e. The van der Waals surface area contributed by atoms with Gasteiger partial charge in [-0.15, -0.1) is 0 Å². The first-order valence-corrected chi connectivity index (χ1v) is 5.36. The van der Waals surface area contributed by atoms with Crippen molar-refractivity contribution in [3.05, 3.63) is 11.9 Å². The zero-order valence-corrected chi connectivity index (χ0v) is 9.71. The average molecular weight is 238 g/mol. The van der Waals surface area contributed by atoms with Gasteiger partial charge in [0.15, 0.2) is 5.69 Å². The summed E-state index contributed by atoms with van der Waals surface area (Å²) < 4.78 is 4.71. The van der Waals surface area contributed by atoms with Crippen LogP contribution in [0, 0.1) is 11.8 Å². The van der Waals surface area contributed by atoms with Crippen LogP contribution in [0.5, 0.6) is 0 Å². The Bertz CT molecular complexity index is 417. The van der Waals surface area contributed by atoms with E-state index in [-0.39, 0.29) is 29.4 Å². The number of aromatic amines is 1. The summed E-state index contributed by atoms with van der Waals surface area (Å²) in [6.45, 7) is 2.84. The summed E-state index contributed by atoms with van der Waals surface area (Å²) in [7, 11) is 1.36. The molecule has 7 nitrogen and oxygen atoms in total. The van der Waals surface area contributed by atoms with Gasteiger partial charge < -0.3 is 9.64 Å². The van der Waals surface area contributed by atoms with Gasteiger partial charge in [0.2, 0.25) is 0 Å². The van der Waals surface area contributed by atoms with Crippen LogP contribution in [-0.4, -0.2) is 52.4 Å². The third-order valence-electron chi connectivity index (χ3n) is 3.04. The Labute approximate surface area is 98.1 Å². The molecule has 0 bridgehead atoms. The van der Waals surface area contributed by atoms with Crippen LogP contribution in [0.3, 0.4) is 0 Å². The van der Waals surface area contributed by atoms with Crippen molar-refractivity contribution >= 4 is 11.9 Å². The number of carbonyl (C=O) groups excluding carboxylic acids is 2. The summed E-state index contributed by atoms with van der Waals surface area (Å²) in [4.78, 5) is 25.0. The smallest absolute Gasteiger partial charge is 0.310 e. The van der Waals surface area contributed by atoms with Gasteiger partial charge in [0, 0.05) is 13.1 Å². The summed E-state index contributed by atoms with van der Waals surface area (Å²) in [5, 5.41) is 9.71. The van der Waals surface area contributed by atoms with E-state index in [0.717, 1.165) is 0 Å². The second kappa shape index (κ2) is 4.52. The van der Waals surface area contributed by atoms with Crippen LogP contribution in [0.4, 0.5) is 0 Å². The highest BCUT2D eigenvalue weighted by Gasteiger charge is 2.38. The number of rotatable bonds is 2. The highest BCUT2D eigenvalue weighted by molar-refractivity contribution is 5.92. The second-order valence-electron chi connectivity index (χ2n) is 4.17. The maximum atomic E-state index is 12.0. The third-order valence-corrected chi connectivity index (χ3v) is 3.04. The van der Waals surface area contributed by atoms with Crippen molar-refractivity contribution in [3.63, 3.8) is 0 Å². The molecule has 1 aliphatic heterocycles. The highest BCUT2D eigenvalue weighted by atomic mass is 16.5. The first-order chi connectivity index (χ1) is 8.13. The number of methoxy groups -OCH3 is 1. The van der Waals surface area contributed by atoms with Gasteiger partial charge in [-0.1, -0.05) is 6.92 Å². The molecule has 2 unspecified atom stereocenters. The van der Waals surface area contributed by atoms with Gasteiger partial charge in [-0.2, -0.15) is 15.4 Å². The lowest BCUT2D eigenvalue weighted by atomic mass is 9.99. The molecule has 1 aromatic rings. The predicted octanol–water partition coefficient (Wildman–Crippen LogP) is -0.314. The Morgan fingerprint density at radius 1 is 1.53 bits per heavy atom. The molecule has 17 heavy (non-hydrogen) atoms. The normalized spacial score (nSPS) is 23.8. The van der Waals surface area contributed by atoms with Gasteiger partial charge in [-0.25, -0.2) is 0 Å². The predicted molar refractivity (Wildman–Crippen MR) is 57.0 cm³/mol. The minimum absolute atomic E-state index is 0.0956. The van der Waals surface area contributed by atoms with Crippen molar-refractivity contribution in [1.82, 2.24) is 20.3 Å². The Kier molecular flexibility index (Phi) is 3.08. The molecule has 1 saturated heterocycles. The fourth-order valence-corrected chi connectivity index (χ4v) is 2.06. The van der Waals surface area contributed by atoms with Crippen LogP contribution in [0.1, 0.15) is 17.4 Å². The van der Waals surface area contributed by atoms with E-state index in [0.29, 0.717) is 13.1 Å². The van der Waals surface area contributed by atoms with Crippen molar-refractivity contribution in [2.24, 2.45) is 11.8 Å². The molecule has 0 spiro atoms. The number of amides is 1. The van der Waals surface area contributed by atoms with Crippen LogP contribution < -0.4 is 0 Å². The highest BCUT2D eigenvalue weighted by Crippen LogP contribution is 2.24. The van der Waals surface area contributed by atoms with Crippen molar-refractivity contribution in [2.45, 2.75) is 6.92 Å². The summed E-state index contributed by atoms with van der Waals surface area (Å²) in [5.41, 5.74) is 0.266. The molecule has 1 amide bonds. The van der Waals surface area contributed by atoms with E-state index in [4.69, 9.17) is 4.74 Å². The molecular weight excluding hydrogens is 224 g/mol. The van der Waals surface area contributed by atoms with Crippen LogP contribution >= 0.6 is 0 Å². The second-order valence-corrected chi connectivity index (χ2v) is 4.17. The molecule has 92 valence electrons. The molecule has 2 rings (SSSR count). The van der Waals surface area contributed by atoms with E-state index in [9.17, 15) is 9.59 Å². The number of aromatic nitrogens is 3. The number of nitrogens with zero attached hydrogens (tertiary/aromatic N) is 3. The third kappa shape index (κ3) is 2.13. The quantitative estimate of drug-likeness (QED) is 0.714. The molecule has 0 aliphatic carbocycles. The van der Waals surface area contributed by atoms with Gasteiger partial charge in [-0.3, -0.25) is 9.59 Å². The number of carbonyl (C=O) groups is 2. The molecule has 0 radical (unpaired) electrons. The van der Waals surface area contributed by atoms with Crippen LogP contribution in [-0.2, 0) is 9.53 Å². The largest absolute Gasteiger partial charge is 0.469 e.